The molecule has 3 aromatic rings. The van der Waals surface area contributed by atoms with Crippen LogP contribution in [0.4, 0.5) is 0 Å². The highest BCUT2D eigenvalue weighted by atomic mass is 16.4. The van der Waals surface area contributed by atoms with Crippen molar-refractivity contribution in [1.29, 1.82) is 0 Å². The van der Waals surface area contributed by atoms with E-state index < -0.39 is 0 Å². The number of carbonyl (C=O) groups excluding carboxylic acids is 2. The highest BCUT2D eigenvalue weighted by Crippen LogP contribution is 2.23. The number of imide groups is 1. The van der Waals surface area contributed by atoms with Crippen LogP contribution in [0.5, 0.6) is 0 Å². The minimum absolute atomic E-state index is 0.250. The summed E-state index contributed by atoms with van der Waals surface area (Å²) in [7, 11) is 0. The van der Waals surface area contributed by atoms with Crippen LogP contribution in [-0.4, -0.2) is 38.4 Å². The molecule has 4 rings (SSSR count). The maximum Gasteiger partial charge on any atom is 0.266 e. The van der Waals surface area contributed by atoms with E-state index in [1.54, 1.807) is 36.5 Å². The van der Waals surface area contributed by atoms with Crippen molar-refractivity contribution >= 4 is 11.8 Å². The van der Waals surface area contributed by atoms with Gasteiger partial charge in [0.15, 0.2) is 0 Å². The molecule has 1 aromatic carbocycles. The van der Waals surface area contributed by atoms with Gasteiger partial charge in [-0.1, -0.05) is 18.2 Å². The molecular formula is C18H14N4O3. The molecule has 1 aliphatic rings. The number of hydrogen-bond donors (Lipinski definition) is 0. The maximum absolute atomic E-state index is 12.3. The lowest BCUT2D eigenvalue weighted by atomic mass is 10.1. The Kier molecular flexibility index (Phi) is 3.81. The lowest BCUT2D eigenvalue weighted by Gasteiger charge is -2.12. The molecule has 0 fully saturated rings. The molecule has 25 heavy (non-hydrogen) atoms. The van der Waals surface area contributed by atoms with E-state index in [2.05, 4.69) is 15.2 Å². The molecule has 7 nitrogen and oxygen atoms in total. The minimum Gasteiger partial charge on any atom is -0.419 e. The predicted octanol–water partition coefficient (Wildman–Crippen LogP) is 2.36. The van der Waals surface area contributed by atoms with Crippen molar-refractivity contribution in [2.24, 2.45) is 0 Å². The SMILES string of the molecule is O=C1c2ccccc2C(=O)N1CCCc1nnc(-c2ccccn2)o1. The molecule has 124 valence electrons. The molecule has 7 heteroatoms. The monoisotopic (exact) mass is 334 g/mol. The van der Waals surface area contributed by atoms with Crippen molar-refractivity contribution in [1.82, 2.24) is 20.1 Å². The highest BCUT2D eigenvalue weighted by molar-refractivity contribution is 6.21. The summed E-state index contributed by atoms with van der Waals surface area (Å²) < 4.78 is 5.58. The lowest BCUT2D eigenvalue weighted by Crippen LogP contribution is -2.30. The maximum atomic E-state index is 12.3. The summed E-state index contributed by atoms with van der Waals surface area (Å²) in [4.78, 5) is 30.0. The summed E-state index contributed by atoms with van der Waals surface area (Å²) in [5, 5.41) is 7.96. The number of carbonyl (C=O) groups is 2. The molecule has 0 unspecified atom stereocenters. The third-order valence-corrected chi connectivity index (χ3v) is 4.00. The van der Waals surface area contributed by atoms with Crippen LogP contribution in [0, 0.1) is 0 Å². The van der Waals surface area contributed by atoms with Crippen molar-refractivity contribution in [3.8, 4) is 11.6 Å². The zero-order valence-corrected chi connectivity index (χ0v) is 13.3. The first-order valence-electron chi connectivity index (χ1n) is 7.93. The molecule has 2 amide bonds. The van der Waals surface area contributed by atoms with E-state index in [1.807, 2.05) is 12.1 Å². The van der Waals surface area contributed by atoms with Crippen LogP contribution >= 0.6 is 0 Å². The number of aromatic nitrogens is 3. The molecule has 0 bridgehead atoms. The summed E-state index contributed by atoms with van der Waals surface area (Å²) in [5.74, 6) is 0.314. The molecule has 0 N–H and O–H groups in total. The second-order valence-corrected chi connectivity index (χ2v) is 5.63. The third-order valence-electron chi connectivity index (χ3n) is 4.00. The van der Waals surface area contributed by atoms with Gasteiger partial charge in [-0.3, -0.25) is 19.5 Å². The standard InChI is InChI=1S/C18H14N4O3/c23-17-12-6-1-2-7-13(12)18(24)22(17)11-5-9-15-20-21-16(25-15)14-8-3-4-10-19-14/h1-4,6-8,10H,5,9,11H2. The number of aryl methyl sites for hydroxylation is 1. The number of amides is 2. The van der Waals surface area contributed by atoms with Crippen molar-refractivity contribution in [2.75, 3.05) is 6.54 Å². The number of fused-ring (bicyclic) bond motifs is 1. The van der Waals surface area contributed by atoms with Crippen molar-refractivity contribution in [3.63, 3.8) is 0 Å². The first kappa shape index (κ1) is 15.2. The Morgan fingerprint density at radius 2 is 1.64 bits per heavy atom. The summed E-state index contributed by atoms with van der Waals surface area (Å²) in [6.07, 6.45) is 2.68. The smallest absolute Gasteiger partial charge is 0.266 e. The zero-order chi connectivity index (χ0) is 17.2. The second kappa shape index (κ2) is 6.27. The third kappa shape index (κ3) is 2.80. The number of pyridine rings is 1. The first-order valence-corrected chi connectivity index (χ1v) is 7.93. The van der Waals surface area contributed by atoms with Gasteiger partial charge in [-0.15, -0.1) is 10.2 Å². The van der Waals surface area contributed by atoms with Crippen LogP contribution < -0.4 is 0 Å². The second-order valence-electron chi connectivity index (χ2n) is 5.63. The van der Waals surface area contributed by atoms with Crippen molar-refractivity contribution in [3.05, 3.63) is 65.7 Å². The average molecular weight is 334 g/mol. The van der Waals surface area contributed by atoms with E-state index in [-0.39, 0.29) is 11.8 Å². The predicted molar refractivity (Wildman–Crippen MR) is 87.7 cm³/mol. The number of hydrogen-bond acceptors (Lipinski definition) is 6. The molecule has 2 aromatic heterocycles. The van der Waals surface area contributed by atoms with Crippen LogP contribution in [0.1, 0.15) is 33.0 Å². The quantitative estimate of drug-likeness (QED) is 0.666. The van der Waals surface area contributed by atoms with Crippen LogP contribution in [0.3, 0.4) is 0 Å². The molecular weight excluding hydrogens is 320 g/mol. The van der Waals surface area contributed by atoms with E-state index in [1.165, 1.54) is 4.90 Å². The largest absolute Gasteiger partial charge is 0.419 e. The minimum atomic E-state index is -0.250. The molecule has 1 aliphatic heterocycles. The number of nitrogens with zero attached hydrogens (tertiary/aromatic N) is 4. The Labute approximate surface area is 143 Å². The summed E-state index contributed by atoms with van der Waals surface area (Å²) in [5.41, 5.74) is 1.53. The van der Waals surface area contributed by atoms with E-state index in [0.717, 1.165) is 0 Å². The fourth-order valence-electron chi connectivity index (χ4n) is 2.78. The number of benzene rings is 1. The molecule has 0 radical (unpaired) electrons. The van der Waals surface area contributed by atoms with Gasteiger partial charge in [-0.05, 0) is 30.7 Å². The topological polar surface area (TPSA) is 89.2 Å². The van der Waals surface area contributed by atoms with Crippen LogP contribution in [0.25, 0.3) is 11.6 Å². The van der Waals surface area contributed by atoms with Gasteiger partial charge in [0.2, 0.25) is 5.89 Å². The summed E-state index contributed by atoms with van der Waals surface area (Å²) in [6, 6.07) is 12.3. The number of rotatable bonds is 5. The van der Waals surface area contributed by atoms with Gasteiger partial charge >= 0.3 is 0 Å². The van der Waals surface area contributed by atoms with E-state index in [4.69, 9.17) is 4.42 Å². The van der Waals surface area contributed by atoms with Gasteiger partial charge < -0.3 is 4.42 Å². The van der Waals surface area contributed by atoms with Gasteiger partial charge in [-0.25, -0.2) is 0 Å². The van der Waals surface area contributed by atoms with Gasteiger partial charge in [0.1, 0.15) is 5.69 Å². The van der Waals surface area contributed by atoms with Crippen molar-refractivity contribution < 1.29 is 14.0 Å². The molecule has 0 spiro atoms. The highest BCUT2D eigenvalue weighted by Gasteiger charge is 2.34. The molecule has 0 saturated carbocycles. The van der Waals surface area contributed by atoms with Crippen LogP contribution in [0.2, 0.25) is 0 Å². The summed E-state index contributed by atoms with van der Waals surface area (Å²) >= 11 is 0. The van der Waals surface area contributed by atoms with Gasteiger partial charge in [0.25, 0.3) is 17.7 Å². The zero-order valence-electron chi connectivity index (χ0n) is 13.3. The Morgan fingerprint density at radius 1 is 0.920 bits per heavy atom. The molecule has 0 atom stereocenters. The molecule has 0 aliphatic carbocycles. The van der Waals surface area contributed by atoms with Gasteiger partial charge in [0.05, 0.1) is 11.1 Å². The van der Waals surface area contributed by atoms with Crippen LogP contribution in [-0.2, 0) is 6.42 Å². The van der Waals surface area contributed by atoms with Gasteiger partial charge in [-0.2, -0.15) is 0 Å². The molecule has 0 saturated heterocycles. The Morgan fingerprint density at radius 3 is 2.32 bits per heavy atom. The molecule has 3 heterocycles. The lowest BCUT2D eigenvalue weighted by molar-refractivity contribution is 0.0652. The Balaban J connectivity index is 1.39. The van der Waals surface area contributed by atoms with Gasteiger partial charge in [0, 0.05) is 19.2 Å². The van der Waals surface area contributed by atoms with E-state index >= 15 is 0 Å². The van der Waals surface area contributed by atoms with Crippen molar-refractivity contribution in [2.45, 2.75) is 12.8 Å². The van der Waals surface area contributed by atoms with Crippen LogP contribution in [0.15, 0.2) is 53.1 Å². The fourth-order valence-corrected chi connectivity index (χ4v) is 2.78. The summed E-state index contributed by atoms with van der Waals surface area (Å²) in [6.45, 7) is 0.313. The normalized spacial score (nSPS) is 13.4. The first-order chi connectivity index (χ1) is 12.2. The Bertz CT molecular complexity index is 901. The van der Waals surface area contributed by atoms with E-state index in [9.17, 15) is 9.59 Å². The Hall–Kier alpha value is -3.35. The average Bonchev–Trinajstić information content (AvgIpc) is 3.22. The fraction of sp³-hybridized carbons (Fsp3) is 0.167. The van der Waals surface area contributed by atoms with E-state index in [0.29, 0.717) is 48.0 Å².